The first kappa shape index (κ1) is 20.8. The molecule has 150 valence electrons. The quantitative estimate of drug-likeness (QED) is 0.391. The lowest BCUT2D eigenvalue weighted by Crippen LogP contribution is -2.06. The number of carboxylic acids is 1. The van der Waals surface area contributed by atoms with Crippen molar-refractivity contribution in [1.29, 1.82) is 0 Å². The molecule has 1 aromatic heterocycles. The molecule has 9 heteroatoms. The van der Waals surface area contributed by atoms with Crippen LogP contribution in [0.4, 0.5) is 0 Å². The maximum absolute atomic E-state index is 10.8. The molecule has 0 aliphatic carbocycles. The van der Waals surface area contributed by atoms with E-state index in [1.54, 1.807) is 12.1 Å². The Labute approximate surface area is 176 Å². The summed E-state index contributed by atoms with van der Waals surface area (Å²) in [4.78, 5) is 16.5. The molecule has 2 aromatic carbocycles. The molecule has 0 fully saturated rings. The van der Waals surface area contributed by atoms with Gasteiger partial charge in [0.15, 0.2) is 0 Å². The Morgan fingerprint density at radius 1 is 1.14 bits per heavy atom. The molecule has 1 N–H and O–H groups in total. The number of ether oxygens (including phenoxy) is 1. The monoisotopic (exact) mass is 431 g/mol. The fourth-order valence-corrected chi connectivity index (χ4v) is 3.31. The van der Waals surface area contributed by atoms with Crippen molar-refractivity contribution >= 4 is 34.8 Å². The van der Waals surface area contributed by atoms with Crippen LogP contribution < -0.4 is 4.74 Å². The summed E-state index contributed by atoms with van der Waals surface area (Å²) in [5.41, 5.74) is 3.04. The number of benzene rings is 2. The number of hydrogen-bond donors (Lipinski definition) is 1. The van der Waals surface area contributed by atoms with Crippen LogP contribution in [0.15, 0.2) is 53.7 Å². The van der Waals surface area contributed by atoms with Crippen LogP contribution in [0.3, 0.4) is 0 Å². The second-order valence-electron chi connectivity index (χ2n) is 5.98. The van der Waals surface area contributed by atoms with Crippen LogP contribution in [0.1, 0.15) is 23.3 Å². The molecule has 0 atom stereocenters. The van der Waals surface area contributed by atoms with Gasteiger partial charge in [-0.1, -0.05) is 33.4 Å². The van der Waals surface area contributed by atoms with Gasteiger partial charge in [-0.2, -0.15) is 0 Å². The van der Waals surface area contributed by atoms with Crippen molar-refractivity contribution in [3.8, 4) is 17.0 Å². The third kappa shape index (κ3) is 5.75. The summed E-state index contributed by atoms with van der Waals surface area (Å²) >= 11 is 7.22. The second-order valence-corrected chi connectivity index (χ2v) is 7.25. The Morgan fingerprint density at radius 3 is 2.52 bits per heavy atom. The Bertz CT molecular complexity index is 988. The predicted octanol–water partition coefficient (Wildman–Crippen LogP) is 4.65. The summed E-state index contributed by atoms with van der Waals surface area (Å²) < 4.78 is 9.90. The molecule has 0 aliphatic heterocycles. The molecule has 3 aromatic rings. The van der Waals surface area contributed by atoms with E-state index in [1.807, 2.05) is 36.4 Å². The van der Waals surface area contributed by atoms with Crippen LogP contribution in [-0.4, -0.2) is 33.5 Å². The van der Waals surface area contributed by atoms with Crippen molar-refractivity contribution in [2.24, 2.45) is 5.16 Å². The Morgan fingerprint density at radius 2 is 1.86 bits per heavy atom. The Hall–Kier alpha value is -2.97. The molecule has 0 saturated heterocycles. The number of oxime groups is 1. The van der Waals surface area contributed by atoms with Gasteiger partial charge in [0.2, 0.25) is 0 Å². The highest BCUT2D eigenvalue weighted by molar-refractivity contribution is 7.05. The maximum atomic E-state index is 10.8. The van der Waals surface area contributed by atoms with E-state index in [0.717, 1.165) is 21.7 Å². The van der Waals surface area contributed by atoms with Gasteiger partial charge in [0, 0.05) is 17.0 Å². The summed E-state index contributed by atoms with van der Waals surface area (Å²) in [5.74, 6) is -0.220. The normalized spacial score (nSPS) is 11.3. The number of carbonyl (C=O) groups is 1. The molecular formula is C20H18ClN3O4S. The lowest BCUT2D eigenvalue weighted by molar-refractivity contribution is -0.136. The minimum atomic E-state index is -0.886. The van der Waals surface area contributed by atoms with E-state index in [0.29, 0.717) is 23.1 Å². The smallest absolute Gasteiger partial charge is 0.303 e. The predicted molar refractivity (Wildman–Crippen MR) is 112 cm³/mol. The second kappa shape index (κ2) is 9.99. The molecule has 0 unspecified atom stereocenters. The third-order valence-corrected chi connectivity index (χ3v) is 4.96. The van der Waals surface area contributed by atoms with E-state index in [-0.39, 0.29) is 12.8 Å². The first-order valence-corrected chi connectivity index (χ1v) is 9.84. The van der Waals surface area contributed by atoms with E-state index in [9.17, 15) is 4.79 Å². The number of halogens is 1. The number of nitrogens with zero attached hydrogens (tertiary/aromatic N) is 3. The largest absolute Gasteiger partial charge is 0.488 e. The maximum Gasteiger partial charge on any atom is 0.303 e. The number of rotatable bonds is 9. The molecular weight excluding hydrogens is 414 g/mol. The van der Waals surface area contributed by atoms with Crippen LogP contribution in [0, 0.1) is 0 Å². The molecule has 0 aliphatic rings. The van der Waals surface area contributed by atoms with Gasteiger partial charge in [0.05, 0.1) is 17.0 Å². The molecule has 7 nitrogen and oxygen atoms in total. The van der Waals surface area contributed by atoms with Gasteiger partial charge < -0.3 is 14.7 Å². The van der Waals surface area contributed by atoms with E-state index in [4.69, 9.17) is 26.3 Å². The topological polar surface area (TPSA) is 93.9 Å². The summed E-state index contributed by atoms with van der Waals surface area (Å²) in [6, 6.07) is 14.7. The van der Waals surface area contributed by atoms with E-state index < -0.39 is 5.97 Å². The van der Waals surface area contributed by atoms with Gasteiger partial charge in [-0.05, 0) is 53.5 Å². The minimum Gasteiger partial charge on any atom is -0.488 e. The average molecular weight is 432 g/mol. The summed E-state index contributed by atoms with van der Waals surface area (Å²) in [6.45, 7) is 0.326. The zero-order chi connectivity index (χ0) is 20.6. The summed E-state index contributed by atoms with van der Waals surface area (Å²) in [6.07, 6.45) is 0.257. The molecule has 29 heavy (non-hydrogen) atoms. The first-order chi connectivity index (χ1) is 14.1. The number of carboxylic acid groups (broad SMARTS) is 1. The van der Waals surface area contributed by atoms with Crippen molar-refractivity contribution in [1.82, 2.24) is 9.59 Å². The van der Waals surface area contributed by atoms with E-state index in [2.05, 4.69) is 14.7 Å². The minimum absolute atomic E-state index is 0.0215. The fraction of sp³-hybridized carbons (Fsp3) is 0.200. The van der Waals surface area contributed by atoms with Crippen molar-refractivity contribution in [2.75, 3.05) is 7.11 Å². The highest BCUT2D eigenvalue weighted by Gasteiger charge is 2.12. The molecule has 0 spiro atoms. The SMILES string of the molecule is CO/N=C(/CCC(=O)O)c1ccc(OCc2snnc2-c2ccc(Cl)cc2)cc1. The van der Waals surface area contributed by atoms with Crippen LogP contribution in [0.25, 0.3) is 11.3 Å². The third-order valence-electron chi connectivity index (χ3n) is 4.01. The van der Waals surface area contributed by atoms with E-state index in [1.165, 1.54) is 18.6 Å². The zero-order valence-electron chi connectivity index (χ0n) is 15.5. The number of aromatic nitrogens is 2. The summed E-state index contributed by atoms with van der Waals surface area (Å²) in [7, 11) is 1.43. The van der Waals surface area contributed by atoms with Gasteiger partial charge in [-0.25, -0.2) is 0 Å². The molecule has 0 amide bonds. The van der Waals surface area contributed by atoms with E-state index >= 15 is 0 Å². The van der Waals surface area contributed by atoms with Crippen LogP contribution in [-0.2, 0) is 16.2 Å². The number of hydrogen-bond acceptors (Lipinski definition) is 7. The lowest BCUT2D eigenvalue weighted by atomic mass is 10.1. The van der Waals surface area contributed by atoms with Crippen LogP contribution in [0.2, 0.25) is 5.02 Å². The van der Waals surface area contributed by atoms with Gasteiger partial charge in [-0.15, -0.1) is 5.10 Å². The average Bonchev–Trinajstić information content (AvgIpc) is 3.19. The van der Waals surface area contributed by atoms with Crippen molar-refractivity contribution in [2.45, 2.75) is 19.4 Å². The van der Waals surface area contributed by atoms with Crippen molar-refractivity contribution in [3.63, 3.8) is 0 Å². The van der Waals surface area contributed by atoms with Crippen LogP contribution in [0.5, 0.6) is 5.75 Å². The van der Waals surface area contributed by atoms with Crippen molar-refractivity contribution in [3.05, 3.63) is 64.0 Å². The standard InChI is InChI=1S/C20H18ClN3O4S/c1-27-23-17(10-11-19(25)26)13-4-8-16(9-5-13)28-12-18-20(22-24-29-18)14-2-6-15(21)7-3-14/h2-9H,10-12H2,1H3,(H,25,26)/b23-17-. The van der Waals surface area contributed by atoms with Gasteiger partial charge in [0.25, 0.3) is 0 Å². The van der Waals surface area contributed by atoms with Gasteiger partial charge in [-0.3, -0.25) is 4.79 Å². The highest BCUT2D eigenvalue weighted by atomic mass is 35.5. The van der Waals surface area contributed by atoms with Gasteiger partial charge >= 0.3 is 5.97 Å². The van der Waals surface area contributed by atoms with Crippen molar-refractivity contribution < 1.29 is 19.5 Å². The molecule has 3 rings (SSSR count). The van der Waals surface area contributed by atoms with Gasteiger partial charge in [0.1, 0.15) is 25.2 Å². The zero-order valence-corrected chi connectivity index (χ0v) is 17.1. The molecule has 0 radical (unpaired) electrons. The summed E-state index contributed by atoms with van der Waals surface area (Å²) in [5, 5.41) is 17.6. The molecule has 0 bridgehead atoms. The molecule has 0 saturated carbocycles. The van der Waals surface area contributed by atoms with Crippen LogP contribution >= 0.6 is 23.1 Å². The number of aliphatic carboxylic acids is 1. The lowest BCUT2D eigenvalue weighted by Gasteiger charge is -2.08. The fourth-order valence-electron chi connectivity index (χ4n) is 2.60. The Balaban J connectivity index is 1.67. The molecule has 1 heterocycles. The highest BCUT2D eigenvalue weighted by Crippen LogP contribution is 2.26. The Kier molecular flexibility index (Phi) is 7.15. The first-order valence-electron chi connectivity index (χ1n) is 8.69.